The number of nitrogens with zero attached hydrogens (tertiary/aromatic N) is 2. The lowest BCUT2D eigenvalue weighted by Crippen LogP contribution is -2.29. The van der Waals surface area contributed by atoms with Crippen molar-refractivity contribution in [2.24, 2.45) is 11.7 Å². The monoisotopic (exact) mass is 353 g/mol. The molecule has 1 atom stereocenters. The molecule has 140 valence electrons. The number of nitrogens with two attached hydrogens (primary N) is 1. The third kappa shape index (κ3) is 6.69. The summed E-state index contributed by atoms with van der Waals surface area (Å²) in [7, 11) is 0. The smallest absolute Gasteiger partial charge is 0.312 e. The Kier molecular flexibility index (Phi) is 7.65. The minimum atomic E-state index is -0.671. The number of hydrogen-bond donors (Lipinski definition) is 4. The predicted octanol–water partition coefficient (Wildman–Crippen LogP) is 1.97. The number of aromatic nitrogens is 2. The summed E-state index contributed by atoms with van der Waals surface area (Å²) in [6.45, 7) is 0.0693. The summed E-state index contributed by atoms with van der Waals surface area (Å²) >= 11 is 0. The third-order valence-electron chi connectivity index (χ3n) is 4.70. The first-order valence-electron chi connectivity index (χ1n) is 8.87. The highest BCUT2D eigenvalue weighted by Crippen LogP contribution is 2.31. The number of urea groups is 1. The average Bonchev–Trinajstić information content (AvgIpc) is 3.08. The molecular weight excluding hydrogens is 326 g/mol. The van der Waals surface area contributed by atoms with Crippen molar-refractivity contribution in [2.45, 2.75) is 70.3 Å². The van der Waals surface area contributed by atoms with Gasteiger partial charge >= 0.3 is 6.03 Å². The molecule has 3 amide bonds. The maximum atomic E-state index is 11.6. The number of nitrogens with one attached hydrogen (secondary N) is 2. The van der Waals surface area contributed by atoms with E-state index in [1.165, 1.54) is 32.1 Å². The molecule has 1 fully saturated rings. The van der Waals surface area contributed by atoms with E-state index < -0.39 is 11.9 Å². The molecule has 0 spiro atoms. The fourth-order valence-corrected chi connectivity index (χ4v) is 3.38. The molecule has 1 aliphatic rings. The zero-order valence-electron chi connectivity index (χ0n) is 14.4. The highest BCUT2D eigenvalue weighted by atomic mass is 16.5. The minimum Gasteiger partial charge on any atom is -0.352 e. The first-order valence-corrected chi connectivity index (χ1v) is 8.87. The molecule has 0 saturated heterocycles. The van der Waals surface area contributed by atoms with E-state index in [1.54, 1.807) is 5.48 Å². The van der Waals surface area contributed by atoms with E-state index in [0.717, 1.165) is 25.2 Å². The second-order valence-corrected chi connectivity index (χ2v) is 6.64. The van der Waals surface area contributed by atoms with Crippen LogP contribution in [-0.4, -0.2) is 27.3 Å². The third-order valence-corrected chi connectivity index (χ3v) is 4.70. The molecule has 0 aliphatic heterocycles. The van der Waals surface area contributed by atoms with Crippen LogP contribution >= 0.6 is 0 Å². The van der Waals surface area contributed by atoms with E-state index in [1.807, 2.05) is 0 Å². The van der Waals surface area contributed by atoms with Gasteiger partial charge in [0.1, 0.15) is 0 Å². The lowest BCUT2D eigenvalue weighted by molar-refractivity contribution is -0.129. The summed E-state index contributed by atoms with van der Waals surface area (Å²) in [5.41, 5.74) is 6.66. The van der Waals surface area contributed by atoms with Gasteiger partial charge in [0, 0.05) is 12.3 Å². The van der Waals surface area contributed by atoms with Crippen LogP contribution in [0.25, 0.3) is 0 Å². The van der Waals surface area contributed by atoms with Crippen LogP contribution in [0.3, 0.4) is 0 Å². The number of hydroxylamine groups is 1. The van der Waals surface area contributed by atoms with Crippen LogP contribution < -0.4 is 16.5 Å². The second kappa shape index (κ2) is 9.97. The molecule has 1 aromatic heterocycles. The normalized spacial score (nSPS) is 16.4. The molecule has 0 bridgehead atoms. The number of primary amides is 1. The Morgan fingerprint density at radius 1 is 1.32 bits per heavy atom. The molecular formula is C16H27N5O4. The number of carbonyl (C=O) groups excluding carboxylic acids is 2. The van der Waals surface area contributed by atoms with E-state index in [-0.39, 0.29) is 18.9 Å². The van der Waals surface area contributed by atoms with E-state index in [9.17, 15) is 9.59 Å². The molecule has 2 rings (SSSR count). The fourth-order valence-electron chi connectivity index (χ4n) is 3.38. The van der Waals surface area contributed by atoms with Crippen molar-refractivity contribution in [3.8, 4) is 0 Å². The van der Waals surface area contributed by atoms with E-state index in [2.05, 4.69) is 15.5 Å². The van der Waals surface area contributed by atoms with Crippen molar-refractivity contribution in [3.63, 3.8) is 0 Å². The number of hydrogen-bond acceptors (Lipinski definition) is 6. The molecule has 1 saturated carbocycles. The van der Waals surface area contributed by atoms with Crippen molar-refractivity contribution in [1.29, 1.82) is 0 Å². The molecule has 9 nitrogen and oxygen atoms in total. The maximum Gasteiger partial charge on any atom is 0.312 e. The molecule has 1 aliphatic carbocycles. The van der Waals surface area contributed by atoms with Gasteiger partial charge in [-0.25, -0.2) is 10.3 Å². The van der Waals surface area contributed by atoms with Crippen molar-refractivity contribution in [2.75, 3.05) is 0 Å². The predicted molar refractivity (Wildman–Crippen MR) is 88.4 cm³/mol. The molecule has 5 N–H and O–H groups in total. The van der Waals surface area contributed by atoms with Crippen molar-refractivity contribution in [3.05, 3.63) is 11.7 Å². The van der Waals surface area contributed by atoms with E-state index in [4.69, 9.17) is 15.5 Å². The van der Waals surface area contributed by atoms with Gasteiger partial charge in [0.25, 0.3) is 0 Å². The van der Waals surface area contributed by atoms with Crippen LogP contribution in [0.4, 0.5) is 4.79 Å². The lowest BCUT2D eigenvalue weighted by atomic mass is 9.84. The summed E-state index contributed by atoms with van der Waals surface area (Å²) in [5, 5.41) is 15.0. The van der Waals surface area contributed by atoms with Gasteiger partial charge in [0.2, 0.25) is 11.8 Å². The van der Waals surface area contributed by atoms with Gasteiger partial charge in [0.05, 0.1) is 6.54 Å². The summed E-state index contributed by atoms with van der Waals surface area (Å²) < 4.78 is 5.23. The summed E-state index contributed by atoms with van der Waals surface area (Å²) in [5.74, 6) is 0.659. The van der Waals surface area contributed by atoms with Crippen molar-refractivity contribution < 1.29 is 19.3 Å². The van der Waals surface area contributed by atoms with E-state index in [0.29, 0.717) is 11.7 Å². The Morgan fingerprint density at radius 2 is 2.08 bits per heavy atom. The van der Waals surface area contributed by atoms with Crippen molar-refractivity contribution in [1.82, 2.24) is 20.9 Å². The number of amides is 3. The first-order chi connectivity index (χ1) is 12.1. The molecule has 1 aromatic rings. The molecule has 1 heterocycles. The molecule has 0 radical (unpaired) electrons. The van der Waals surface area contributed by atoms with Crippen LogP contribution in [0.5, 0.6) is 0 Å². The lowest BCUT2D eigenvalue weighted by Gasteiger charge is -2.22. The molecule has 0 unspecified atom stereocenters. The Bertz CT molecular complexity index is 556. The molecule has 0 aromatic carbocycles. The van der Waals surface area contributed by atoms with E-state index >= 15 is 0 Å². The SMILES string of the molecule is NC(=O)NCc1noc([C@@H](CCCC2CCCCC2)CC(=O)NO)n1. The van der Waals surface area contributed by atoms with Crippen LogP contribution in [0, 0.1) is 5.92 Å². The molecule has 9 heteroatoms. The summed E-state index contributed by atoms with van der Waals surface area (Å²) in [6, 6.07) is -0.671. The van der Waals surface area contributed by atoms with Gasteiger partial charge in [-0.3, -0.25) is 10.0 Å². The Morgan fingerprint density at radius 3 is 2.76 bits per heavy atom. The van der Waals surface area contributed by atoms with Crippen molar-refractivity contribution >= 4 is 11.9 Å². The molecule has 25 heavy (non-hydrogen) atoms. The van der Waals surface area contributed by atoms with Gasteiger partial charge in [-0.1, -0.05) is 50.1 Å². The Balaban J connectivity index is 1.90. The standard InChI is InChI=1S/C16H27N5O4/c17-16(23)18-10-13-19-15(25-21-13)12(9-14(22)20-24)8-4-7-11-5-2-1-3-6-11/h11-12,24H,1-10H2,(H,20,22)(H3,17,18,23)/t12-/m0/s1. The summed E-state index contributed by atoms with van der Waals surface area (Å²) in [6.07, 6.45) is 9.41. The average molecular weight is 353 g/mol. The van der Waals surface area contributed by atoms with Gasteiger partial charge in [0.15, 0.2) is 5.82 Å². The quantitative estimate of drug-likeness (QED) is 0.395. The Hall–Kier alpha value is -2.16. The van der Waals surface area contributed by atoms with Crippen LogP contribution in [0.15, 0.2) is 4.52 Å². The Labute approximate surface area is 146 Å². The highest BCUT2D eigenvalue weighted by Gasteiger charge is 2.23. The summed E-state index contributed by atoms with van der Waals surface area (Å²) in [4.78, 5) is 26.5. The number of carbonyl (C=O) groups is 2. The number of rotatable bonds is 9. The second-order valence-electron chi connectivity index (χ2n) is 6.64. The van der Waals surface area contributed by atoms with Gasteiger partial charge < -0.3 is 15.6 Å². The largest absolute Gasteiger partial charge is 0.352 e. The minimum absolute atomic E-state index is 0.0693. The van der Waals surface area contributed by atoms with Crippen LogP contribution in [-0.2, 0) is 11.3 Å². The van der Waals surface area contributed by atoms with Gasteiger partial charge in [-0.15, -0.1) is 0 Å². The first kappa shape index (κ1) is 19.2. The van der Waals surface area contributed by atoms with Gasteiger partial charge in [-0.05, 0) is 12.3 Å². The topological polar surface area (TPSA) is 143 Å². The van der Waals surface area contributed by atoms with Gasteiger partial charge in [-0.2, -0.15) is 4.98 Å². The zero-order chi connectivity index (χ0) is 18.1. The maximum absolute atomic E-state index is 11.6. The zero-order valence-corrected chi connectivity index (χ0v) is 14.4. The highest BCUT2D eigenvalue weighted by molar-refractivity contribution is 5.75. The fraction of sp³-hybridized carbons (Fsp3) is 0.750. The van der Waals surface area contributed by atoms with Crippen LogP contribution in [0.2, 0.25) is 0 Å². The van der Waals surface area contributed by atoms with Crippen LogP contribution in [0.1, 0.15) is 75.4 Å².